The van der Waals surface area contributed by atoms with Crippen molar-refractivity contribution in [3.05, 3.63) is 0 Å². The zero-order valence-electron chi connectivity index (χ0n) is 7.74. The summed E-state index contributed by atoms with van der Waals surface area (Å²) in [6.07, 6.45) is 5.42. The van der Waals surface area contributed by atoms with Gasteiger partial charge in [0.15, 0.2) is 0 Å². The summed E-state index contributed by atoms with van der Waals surface area (Å²) >= 11 is 0. The van der Waals surface area contributed by atoms with Crippen LogP contribution in [0.4, 0.5) is 0 Å². The van der Waals surface area contributed by atoms with Gasteiger partial charge >= 0.3 is 11.9 Å². The Kier molecular flexibility index (Phi) is 2.72. The number of carbonyl (C=O) groups excluding carboxylic acids is 2. The summed E-state index contributed by atoms with van der Waals surface area (Å²) in [6.45, 7) is 3.86. The highest BCUT2D eigenvalue weighted by Gasteiger charge is 2.39. The second-order valence-corrected chi connectivity index (χ2v) is 3.54. The summed E-state index contributed by atoms with van der Waals surface area (Å²) in [6, 6.07) is 0. The van der Waals surface area contributed by atoms with Crippen molar-refractivity contribution in [2.45, 2.75) is 20.3 Å². The third-order valence-corrected chi connectivity index (χ3v) is 2.25. The van der Waals surface area contributed by atoms with Crippen molar-refractivity contribution in [2.75, 3.05) is 0 Å². The number of hydrogen-bond acceptors (Lipinski definition) is 3. The van der Waals surface area contributed by atoms with Gasteiger partial charge in [0.05, 0.1) is 12.3 Å². The summed E-state index contributed by atoms with van der Waals surface area (Å²) in [5, 5.41) is 0. The molecule has 0 aromatic rings. The van der Waals surface area contributed by atoms with Gasteiger partial charge < -0.3 is 4.74 Å². The van der Waals surface area contributed by atoms with E-state index < -0.39 is 17.9 Å². The minimum absolute atomic E-state index is 0.131. The van der Waals surface area contributed by atoms with Gasteiger partial charge in [0.2, 0.25) is 0 Å². The van der Waals surface area contributed by atoms with Crippen LogP contribution in [-0.2, 0) is 14.3 Å². The molecule has 13 heavy (non-hydrogen) atoms. The van der Waals surface area contributed by atoms with Crippen LogP contribution in [0.2, 0.25) is 0 Å². The maximum absolute atomic E-state index is 11.2. The Balaban J connectivity index is 2.77. The quantitative estimate of drug-likeness (QED) is 0.361. The van der Waals surface area contributed by atoms with E-state index in [4.69, 9.17) is 6.42 Å². The monoisotopic (exact) mass is 180 g/mol. The number of esters is 2. The van der Waals surface area contributed by atoms with E-state index in [-0.39, 0.29) is 18.3 Å². The van der Waals surface area contributed by atoms with E-state index in [1.165, 1.54) is 0 Å². The van der Waals surface area contributed by atoms with Gasteiger partial charge in [-0.05, 0) is 5.92 Å². The summed E-state index contributed by atoms with van der Waals surface area (Å²) in [4.78, 5) is 21.9. The maximum atomic E-state index is 11.2. The predicted molar refractivity (Wildman–Crippen MR) is 46.4 cm³/mol. The molecule has 2 atom stereocenters. The molecule has 70 valence electrons. The Hall–Kier alpha value is -1.30. The number of ether oxygens (including phenoxy) is 1. The van der Waals surface area contributed by atoms with E-state index in [0.717, 1.165) is 0 Å². The van der Waals surface area contributed by atoms with E-state index in [1.54, 1.807) is 0 Å². The van der Waals surface area contributed by atoms with Gasteiger partial charge in [-0.3, -0.25) is 9.59 Å². The summed E-state index contributed by atoms with van der Waals surface area (Å²) in [5.41, 5.74) is 0. The number of hydrogen-bond donors (Lipinski definition) is 0. The standard InChI is InChI=1S/C10H12O3/c1-4-7(6(2)3)8-5-9(11)13-10(8)12/h1,6-8H,5H2,2-3H3. The topological polar surface area (TPSA) is 43.4 Å². The zero-order chi connectivity index (χ0) is 10.0. The van der Waals surface area contributed by atoms with Gasteiger partial charge in [0, 0.05) is 5.92 Å². The fourth-order valence-electron chi connectivity index (χ4n) is 1.54. The van der Waals surface area contributed by atoms with Crippen LogP contribution in [0, 0.1) is 30.1 Å². The second kappa shape index (κ2) is 3.61. The summed E-state index contributed by atoms with van der Waals surface area (Å²) < 4.78 is 4.43. The molecule has 0 amide bonds. The molecule has 1 rings (SSSR count). The van der Waals surface area contributed by atoms with Crippen molar-refractivity contribution in [2.24, 2.45) is 17.8 Å². The molecule has 3 nitrogen and oxygen atoms in total. The Morgan fingerprint density at radius 3 is 2.46 bits per heavy atom. The first-order chi connectivity index (χ1) is 6.06. The van der Waals surface area contributed by atoms with E-state index in [0.29, 0.717) is 0 Å². The van der Waals surface area contributed by atoms with E-state index >= 15 is 0 Å². The third kappa shape index (κ3) is 1.89. The van der Waals surface area contributed by atoms with E-state index in [1.807, 2.05) is 13.8 Å². The lowest BCUT2D eigenvalue weighted by Crippen LogP contribution is -2.22. The van der Waals surface area contributed by atoms with Crippen LogP contribution >= 0.6 is 0 Å². The van der Waals surface area contributed by atoms with Gasteiger partial charge in [0.25, 0.3) is 0 Å². The highest BCUT2D eigenvalue weighted by Crippen LogP contribution is 2.28. The van der Waals surface area contributed by atoms with Gasteiger partial charge in [-0.15, -0.1) is 12.3 Å². The SMILES string of the molecule is C#CC(C(C)C)C1CC(=O)OC1=O. The Morgan fingerprint density at radius 1 is 1.54 bits per heavy atom. The molecule has 1 aliphatic rings. The van der Waals surface area contributed by atoms with E-state index in [2.05, 4.69) is 10.7 Å². The second-order valence-electron chi connectivity index (χ2n) is 3.54. The highest BCUT2D eigenvalue weighted by molar-refractivity contribution is 5.95. The molecule has 0 aromatic heterocycles. The minimum atomic E-state index is -0.471. The smallest absolute Gasteiger partial charge is 0.318 e. The van der Waals surface area contributed by atoms with Crippen LogP contribution in [0.5, 0.6) is 0 Å². The minimum Gasteiger partial charge on any atom is -0.393 e. The fraction of sp³-hybridized carbons (Fsp3) is 0.600. The van der Waals surface area contributed by atoms with Crippen LogP contribution in [0.1, 0.15) is 20.3 Å². The molecule has 0 N–H and O–H groups in total. The zero-order valence-corrected chi connectivity index (χ0v) is 7.74. The first-order valence-electron chi connectivity index (χ1n) is 4.27. The van der Waals surface area contributed by atoms with Crippen LogP contribution in [0.3, 0.4) is 0 Å². The summed E-state index contributed by atoms with van der Waals surface area (Å²) in [7, 11) is 0. The number of carbonyl (C=O) groups is 2. The Labute approximate surface area is 77.5 Å². The normalized spacial score (nSPS) is 24.3. The molecule has 0 aromatic carbocycles. The molecule has 0 radical (unpaired) electrons. The van der Waals surface area contributed by atoms with Crippen molar-refractivity contribution in [3.63, 3.8) is 0 Å². The number of terminal acetylenes is 1. The first kappa shape index (κ1) is 9.79. The van der Waals surface area contributed by atoms with Crippen LogP contribution in [-0.4, -0.2) is 11.9 Å². The molecular formula is C10H12O3. The van der Waals surface area contributed by atoms with Crippen LogP contribution in [0.15, 0.2) is 0 Å². The van der Waals surface area contributed by atoms with Gasteiger partial charge in [-0.25, -0.2) is 0 Å². The average molecular weight is 180 g/mol. The molecule has 1 heterocycles. The highest BCUT2D eigenvalue weighted by atomic mass is 16.6. The van der Waals surface area contributed by atoms with Gasteiger partial charge in [-0.2, -0.15) is 0 Å². The van der Waals surface area contributed by atoms with Gasteiger partial charge in [-0.1, -0.05) is 13.8 Å². The number of rotatable bonds is 2. The molecule has 1 saturated heterocycles. The predicted octanol–water partition coefficient (Wildman–Crippen LogP) is 0.981. The van der Waals surface area contributed by atoms with Crippen LogP contribution in [0.25, 0.3) is 0 Å². The van der Waals surface area contributed by atoms with Crippen molar-refractivity contribution >= 4 is 11.9 Å². The van der Waals surface area contributed by atoms with Gasteiger partial charge in [0.1, 0.15) is 0 Å². The maximum Gasteiger partial charge on any atom is 0.318 e. The largest absolute Gasteiger partial charge is 0.393 e. The number of cyclic esters (lactones) is 2. The molecule has 0 aliphatic carbocycles. The summed E-state index contributed by atoms with van der Waals surface area (Å²) in [5.74, 6) is 1.17. The lowest BCUT2D eigenvalue weighted by Gasteiger charge is -2.17. The Morgan fingerprint density at radius 2 is 2.15 bits per heavy atom. The van der Waals surface area contributed by atoms with Crippen molar-refractivity contribution in [1.29, 1.82) is 0 Å². The molecule has 0 spiro atoms. The van der Waals surface area contributed by atoms with Crippen molar-refractivity contribution < 1.29 is 14.3 Å². The Bertz CT molecular complexity index is 272. The lowest BCUT2D eigenvalue weighted by molar-refractivity contribution is -0.153. The molecule has 0 bridgehead atoms. The molecule has 0 saturated carbocycles. The van der Waals surface area contributed by atoms with E-state index in [9.17, 15) is 9.59 Å². The fourth-order valence-corrected chi connectivity index (χ4v) is 1.54. The van der Waals surface area contributed by atoms with Crippen molar-refractivity contribution in [3.8, 4) is 12.3 Å². The van der Waals surface area contributed by atoms with Crippen LogP contribution < -0.4 is 0 Å². The molecular weight excluding hydrogens is 168 g/mol. The molecule has 1 aliphatic heterocycles. The molecule has 2 unspecified atom stereocenters. The van der Waals surface area contributed by atoms with Crippen molar-refractivity contribution in [1.82, 2.24) is 0 Å². The third-order valence-electron chi connectivity index (χ3n) is 2.25. The first-order valence-corrected chi connectivity index (χ1v) is 4.27. The average Bonchev–Trinajstić information content (AvgIpc) is 2.31. The lowest BCUT2D eigenvalue weighted by atomic mass is 9.83. The molecule has 1 fully saturated rings. The molecule has 3 heteroatoms.